The van der Waals surface area contributed by atoms with Gasteiger partial charge in [0, 0.05) is 14.2 Å². The Labute approximate surface area is 59.1 Å². The van der Waals surface area contributed by atoms with Gasteiger partial charge in [-0.25, -0.2) is 0 Å². The van der Waals surface area contributed by atoms with Gasteiger partial charge in [0.25, 0.3) is 0 Å². The second-order valence-electron chi connectivity index (χ2n) is 1.50. The van der Waals surface area contributed by atoms with E-state index >= 15 is 0 Å². The fraction of sp³-hybridized carbons (Fsp3) is 1.00. The van der Waals surface area contributed by atoms with E-state index in [4.69, 9.17) is 10.2 Å². The van der Waals surface area contributed by atoms with Crippen molar-refractivity contribution in [1.29, 1.82) is 0 Å². The van der Waals surface area contributed by atoms with Gasteiger partial charge in [-0.05, 0) is 0 Å². The average Bonchev–Trinajstić information content (AvgIpc) is 2.00. The minimum absolute atomic E-state index is 0.0435. The quantitative estimate of drug-likeness (QED) is 0.489. The molecule has 0 amide bonds. The van der Waals surface area contributed by atoms with Crippen LogP contribution in [0.3, 0.4) is 0 Å². The summed E-state index contributed by atoms with van der Waals surface area (Å²) in [6, 6.07) is 0. The van der Waals surface area contributed by atoms with Gasteiger partial charge in [-0.3, -0.25) is 0 Å². The fourth-order valence-electron chi connectivity index (χ4n) is 0.376. The largest absolute Gasteiger partial charge is 0.409 e. The molecular weight excluding hydrogens is 140 g/mol. The summed E-state index contributed by atoms with van der Waals surface area (Å²) in [6.45, 7) is -0.243. The summed E-state index contributed by atoms with van der Waals surface area (Å²) in [7, 11) is 2.45. The minimum atomic E-state index is -2.03. The van der Waals surface area contributed by atoms with Crippen LogP contribution in [0.25, 0.3) is 0 Å². The first-order valence-corrected chi connectivity index (χ1v) is 2.76. The van der Waals surface area contributed by atoms with E-state index in [1.54, 1.807) is 0 Å². The van der Waals surface area contributed by atoms with Crippen molar-refractivity contribution in [3.63, 3.8) is 0 Å². The van der Waals surface area contributed by atoms with Gasteiger partial charge in [-0.15, -0.1) is 0 Å². The highest BCUT2D eigenvalue weighted by atomic mass is 17.0. The molecule has 5 nitrogen and oxygen atoms in total. The molecule has 0 radical (unpaired) electrons. The molecule has 0 heterocycles. The number of rotatable bonds is 5. The van der Waals surface area contributed by atoms with Crippen molar-refractivity contribution in [2.24, 2.45) is 0 Å². The van der Waals surface area contributed by atoms with Crippen LogP contribution in [-0.2, 0) is 14.2 Å². The van der Waals surface area contributed by atoms with Gasteiger partial charge < -0.3 is 24.4 Å². The summed E-state index contributed by atoms with van der Waals surface area (Å²) >= 11 is 0. The van der Waals surface area contributed by atoms with Crippen molar-refractivity contribution in [3.05, 3.63) is 0 Å². The smallest absolute Gasteiger partial charge is 0.394 e. The maximum Gasteiger partial charge on any atom is 0.409 e. The first-order valence-electron chi connectivity index (χ1n) is 2.76. The Morgan fingerprint density at radius 2 is 1.80 bits per heavy atom. The number of hydrogen-bond donors (Lipinski definition) is 2. The summed E-state index contributed by atoms with van der Waals surface area (Å²) in [5, 5.41) is 17.3. The van der Waals surface area contributed by atoms with E-state index in [0.717, 1.165) is 0 Å². The van der Waals surface area contributed by atoms with Crippen LogP contribution in [0.5, 0.6) is 0 Å². The Morgan fingerprint density at radius 3 is 2.10 bits per heavy atom. The lowest BCUT2D eigenvalue weighted by atomic mass is 10.8. The highest BCUT2D eigenvalue weighted by Crippen LogP contribution is 2.06. The molecule has 0 bridgehead atoms. The number of methoxy groups -OCH3 is 2. The molecule has 0 unspecified atom stereocenters. The molecule has 5 heteroatoms. The highest BCUT2D eigenvalue weighted by molar-refractivity contribution is 4.32. The van der Waals surface area contributed by atoms with Gasteiger partial charge in [-0.1, -0.05) is 0 Å². The Hall–Kier alpha value is -0.200. The summed E-state index contributed by atoms with van der Waals surface area (Å²) in [5.41, 5.74) is 0. The summed E-state index contributed by atoms with van der Waals surface area (Å²) in [6.07, 6.45) is -2.03. The van der Waals surface area contributed by atoms with Crippen LogP contribution >= 0.6 is 0 Å². The first-order chi connectivity index (χ1) is 4.68. The Morgan fingerprint density at radius 1 is 1.30 bits per heavy atom. The van der Waals surface area contributed by atoms with Crippen LogP contribution < -0.4 is 0 Å². The molecule has 2 N–H and O–H groups in total. The second-order valence-corrected chi connectivity index (χ2v) is 1.50. The van der Waals surface area contributed by atoms with E-state index in [-0.39, 0.29) is 13.2 Å². The summed E-state index contributed by atoms with van der Waals surface area (Å²) in [5.74, 6) is 0. The normalized spacial score (nSPS) is 12.0. The standard InChI is InChI=1S/C5H12O5/c1-8-5(7,9-2)10-4-3-6/h6-7H,3-4H2,1-2H3. The van der Waals surface area contributed by atoms with Crippen molar-refractivity contribution in [2.75, 3.05) is 27.4 Å². The fourth-order valence-corrected chi connectivity index (χ4v) is 0.376. The Balaban J connectivity index is 3.58. The van der Waals surface area contributed by atoms with Gasteiger partial charge in [0.2, 0.25) is 0 Å². The average molecular weight is 152 g/mol. The van der Waals surface area contributed by atoms with Crippen molar-refractivity contribution in [1.82, 2.24) is 0 Å². The topological polar surface area (TPSA) is 68.2 Å². The predicted molar refractivity (Wildman–Crippen MR) is 32.0 cm³/mol. The molecule has 0 aromatic carbocycles. The van der Waals surface area contributed by atoms with Crippen LogP contribution in [0, 0.1) is 0 Å². The van der Waals surface area contributed by atoms with Crippen LogP contribution in [0.4, 0.5) is 0 Å². The zero-order chi connectivity index (χ0) is 8.04. The molecule has 62 valence electrons. The van der Waals surface area contributed by atoms with Crippen molar-refractivity contribution in [3.8, 4) is 0 Å². The van der Waals surface area contributed by atoms with Crippen LogP contribution in [0.1, 0.15) is 0 Å². The third-order valence-corrected chi connectivity index (χ3v) is 0.892. The van der Waals surface area contributed by atoms with E-state index in [9.17, 15) is 0 Å². The van der Waals surface area contributed by atoms with Crippen molar-refractivity contribution >= 4 is 0 Å². The van der Waals surface area contributed by atoms with Crippen LogP contribution in [-0.4, -0.2) is 43.8 Å². The lowest BCUT2D eigenvalue weighted by molar-refractivity contribution is -0.472. The van der Waals surface area contributed by atoms with Crippen LogP contribution in [0.2, 0.25) is 0 Å². The molecule has 0 aliphatic carbocycles. The van der Waals surface area contributed by atoms with Crippen molar-refractivity contribution in [2.45, 2.75) is 6.16 Å². The molecule has 0 aromatic heterocycles. The molecule has 0 aliphatic heterocycles. The maximum absolute atomic E-state index is 8.98. The van der Waals surface area contributed by atoms with E-state index in [1.807, 2.05) is 0 Å². The van der Waals surface area contributed by atoms with Gasteiger partial charge in [-0.2, -0.15) is 0 Å². The Bertz CT molecular complexity index is 80.1. The molecule has 0 aliphatic rings. The minimum Gasteiger partial charge on any atom is -0.394 e. The number of ether oxygens (including phenoxy) is 3. The zero-order valence-corrected chi connectivity index (χ0v) is 6.03. The molecule has 0 saturated carbocycles. The molecule has 0 saturated heterocycles. The monoisotopic (exact) mass is 152 g/mol. The van der Waals surface area contributed by atoms with Gasteiger partial charge in [0.05, 0.1) is 13.2 Å². The number of aliphatic hydroxyl groups excluding tert-OH is 1. The predicted octanol–water partition coefficient (Wildman–Crippen LogP) is -1.11. The zero-order valence-electron chi connectivity index (χ0n) is 6.03. The first kappa shape index (κ1) is 9.80. The van der Waals surface area contributed by atoms with E-state index in [0.29, 0.717) is 0 Å². The molecule has 10 heavy (non-hydrogen) atoms. The van der Waals surface area contributed by atoms with E-state index in [2.05, 4.69) is 14.2 Å². The molecular formula is C5H12O5. The number of aliphatic hydroxyl groups is 2. The third kappa shape index (κ3) is 3.09. The Kier molecular flexibility index (Phi) is 4.50. The van der Waals surface area contributed by atoms with Crippen LogP contribution in [0.15, 0.2) is 0 Å². The molecule has 0 atom stereocenters. The van der Waals surface area contributed by atoms with Gasteiger partial charge in [0.1, 0.15) is 0 Å². The summed E-state index contributed by atoms with van der Waals surface area (Å²) in [4.78, 5) is 0. The molecule has 0 aromatic rings. The molecule has 0 spiro atoms. The van der Waals surface area contributed by atoms with Gasteiger partial charge >= 0.3 is 6.16 Å². The lowest BCUT2D eigenvalue weighted by Gasteiger charge is -2.22. The van der Waals surface area contributed by atoms with Gasteiger partial charge in [0.15, 0.2) is 0 Å². The summed E-state index contributed by atoms with van der Waals surface area (Å²) < 4.78 is 13.3. The SMILES string of the molecule is COC(O)(OC)OCCO. The molecule has 0 fully saturated rings. The highest BCUT2D eigenvalue weighted by Gasteiger charge is 2.26. The lowest BCUT2D eigenvalue weighted by Crippen LogP contribution is -2.37. The van der Waals surface area contributed by atoms with Crippen molar-refractivity contribution < 1.29 is 24.4 Å². The second kappa shape index (κ2) is 4.59. The third-order valence-electron chi connectivity index (χ3n) is 0.892. The maximum atomic E-state index is 8.98. The van der Waals surface area contributed by atoms with E-state index < -0.39 is 6.16 Å². The number of hydrogen-bond acceptors (Lipinski definition) is 5. The molecule has 0 rings (SSSR count). The van der Waals surface area contributed by atoms with E-state index in [1.165, 1.54) is 14.2 Å².